The lowest BCUT2D eigenvalue weighted by Gasteiger charge is -2.35. The van der Waals surface area contributed by atoms with Gasteiger partial charge in [-0.2, -0.15) is 0 Å². The van der Waals surface area contributed by atoms with Crippen LogP contribution in [0.3, 0.4) is 0 Å². The zero-order chi connectivity index (χ0) is 22.5. The molecule has 7 nitrogen and oxygen atoms in total. The number of aryl methyl sites for hydroxylation is 3. The first kappa shape index (κ1) is 21.6. The zero-order valence-corrected chi connectivity index (χ0v) is 18.7. The Labute approximate surface area is 188 Å². The van der Waals surface area contributed by atoms with Gasteiger partial charge in [-0.3, -0.25) is 4.79 Å². The second kappa shape index (κ2) is 9.68. The van der Waals surface area contributed by atoms with Gasteiger partial charge in [0.25, 0.3) is 0 Å². The highest BCUT2D eigenvalue weighted by molar-refractivity contribution is 5.92. The van der Waals surface area contributed by atoms with E-state index in [2.05, 4.69) is 25.3 Å². The fraction of sp³-hybridized carbons (Fsp3) is 0.320. The summed E-state index contributed by atoms with van der Waals surface area (Å²) < 4.78 is 0. The molecule has 1 aliphatic rings. The standard InChI is InChI=1S/C25H28N6O/c1-17-15-18(2)27-25(26-17)30-23-16-21(28-19(3)29-23)22-11-7-8-14-31(22)24(32)13-12-20-9-5-4-6-10-20/h4-6,9-10,12-13,15-16,22H,7-8,11,14H2,1-3H3,(H,26,27,28,29,30)/b13-12+/t22-/m1/s1. The molecule has 1 amide bonds. The highest BCUT2D eigenvalue weighted by atomic mass is 16.2. The number of nitrogens with one attached hydrogen (secondary N) is 1. The minimum atomic E-state index is -0.0842. The van der Waals surface area contributed by atoms with Gasteiger partial charge in [-0.1, -0.05) is 30.3 Å². The predicted molar refractivity (Wildman–Crippen MR) is 125 cm³/mol. The molecule has 1 fully saturated rings. The van der Waals surface area contributed by atoms with Crippen LogP contribution in [0, 0.1) is 20.8 Å². The van der Waals surface area contributed by atoms with Crippen molar-refractivity contribution < 1.29 is 4.79 Å². The largest absolute Gasteiger partial charge is 0.331 e. The van der Waals surface area contributed by atoms with Gasteiger partial charge in [-0.05, 0) is 57.7 Å². The number of nitrogens with zero attached hydrogens (tertiary/aromatic N) is 5. The van der Waals surface area contributed by atoms with E-state index in [9.17, 15) is 4.79 Å². The Balaban J connectivity index is 1.57. The molecule has 1 aliphatic heterocycles. The van der Waals surface area contributed by atoms with Crippen molar-refractivity contribution >= 4 is 23.7 Å². The van der Waals surface area contributed by atoms with Crippen molar-refractivity contribution in [2.75, 3.05) is 11.9 Å². The van der Waals surface area contributed by atoms with E-state index in [0.29, 0.717) is 24.1 Å². The second-order valence-electron chi connectivity index (χ2n) is 8.11. The molecule has 4 rings (SSSR count). The summed E-state index contributed by atoms with van der Waals surface area (Å²) in [6, 6.07) is 13.6. The highest BCUT2D eigenvalue weighted by Gasteiger charge is 2.28. The zero-order valence-electron chi connectivity index (χ0n) is 18.7. The molecule has 1 aromatic carbocycles. The summed E-state index contributed by atoms with van der Waals surface area (Å²) in [5.41, 5.74) is 3.62. The van der Waals surface area contributed by atoms with Gasteiger partial charge in [-0.25, -0.2) is 19.9 Å². The average molecular weight is 429 g/mol. The van der Waals surface area contributed by atoms with Gasteiger partial charge in [0.2, 0.25) is 11.9 Å². The number of piperidine rings is 1. The Hall–Kier alpha value is -3.61. The molecule has 1 N–H and O–H groups in total. The molecule has 7 heteroatoms. The maximum Gasteiger partial charge on any atom is 0.247 e. The number of carbonyl (C=O) groups is 1. The van der Waals surface area contributed by atoms with Crippen molar-refractivity contribution in [3.05, 3.63) is 77.0 Å². The molecule has 3 heterocycles. The maximum absolute atomic E-state index is 13.1. The van der Waals surface area contributed by atoms with Gasteiger partial charge in [0, 0.05) is 30.1 Å². The van der Waals surface area contributed by atoms with Crippen molar-refractivity contribution in [1.29, 1.82) is 0 Å². The monoisotopic (exact) mass is 428 g/mol. The summed E-state index contributed by atoms with van der Waals surface area (Å²) in [7, 11) is 0. The summed E-state index contributed by atoms with van der Waals surface area (Å²) in [5, 5.41) is 3.21. The Morgan fingerprint density at radius 2 is 1.75 bits per heavy atom. The average Bonchev–Trinajstić information content (AvgIpc) is 2.77. The number of rotatable bonds is 5. The van der Waals surface area contributed by atoms with Crippen molar-refractivity contribution in [2.24, 2.45) is 0 Å². The third-order valence-electron chi connectivity index (χ3n) is 5.43. The van der Waals surface area contributed by atoms with Crippen molar-refractivity contribution in [1.82, 2.24) is 24.8 Å². The summed E-state index contributed by atoms with van der Waals surface area (Å²) in [5.74, 6) is 1.79. The molecule has 0 aliphatic carbocycles. The molecule has 164 valence electrons. The molecule has 1 atom stereocenters. The van der Waals surface area contributed by atoms with E-state index in [1.807, 2.05) is 74.2 Å². The van der Waals surface area contributed by atoms with Gasteiger partial charge in [0.15, 0.2) is 0 Å². The van der Waals surface area contributed by atoms with E-state index < -0.39 is 0 Å². The van der Waals surface area contributed by atoms with Crippen molar-refractivity contribution in [3.8, 4) is 0 Å². The van der Waals surface area contributed by atoms with Crippen LogP contribution in [-0.4, -0.2) is 37.3 Å². The molecule has 32 heavy (non-hydrogen) atoms. The normalized spacial score (nSPS) is 16.3. The number of benzene rings is 1. The van der Waals surface area contributed by atoms with E-state index in [1.54, 1.807) is 6.08 Å². The fourth-order valence-corrected chi connectivity index (χ4v) is 4.05. The number of carbonyl (C=O) groups excluding carboxylic acids is 1. The van der Waals surface area contributed by atoms with Gasteiger partial charge in [0.1, 0.15) is 11.6 Å². The Morgan fingerprint density at radius 3 is 2.50 bits per heavy atom. The lowest BCUT2D eigenvalue weighted by atomic mass is 9.98. The van der Waals surface area contributed by atoms with E-state index in [-0.39, 0.29) is 11.9 Å². The highest BCUT2D eigenvalue weighted by Crippen LogP contribution is 2.31. The van der Waals surface area contributed by atoms with Gasteiger partial charge in [0.05, 0.1) is 11.7 Å². The Bertz CT molecular complexity index is 1110. The van der Waals surface area contributed by atoms with Crippen LogP contribution in [0.2, 0.25) is 0 Å². The number of anilines is 2. The molecule has 0 spiro atoms. The van der Waals surface area contributed by atoms with Crippen LogP contribution >= 0.6 is 0 Å². The number of amides is 1. The summed E-state index contributed by atoms with van der Waals surface area (Å²) >= 11 is 0. The third kappa shape index (κ3) is 5.35. The van der Waals surface area contributed by atoms with Gasteiger partial charge < -0.3 is 10.2 Å². The smallest absolute Gasteiger partial charge is 0.247 e. The number of likely N-dealkylation sites (tertiary alicyclic amines) is 1. The second-order valence-corrected chi connectivity index (χ2v) is 8.11. The predicted octanol–water partition coefficient (Wildman–Crippen LogP) is 4.70. The first-order valence-electron chi connectivity index (χ1n) is 11.0. The number of hydrogen-bond acceptors (Lipinski definition) is 6. The quantitative estimate of drug-likeness (QED) is 0.593. The topological polar surface area (TPSA) is 83.9 Å². The van der Waals surface area contributed by atoms with Crippen LogP contribution in [0.15, 0.2) is 48.5 Å². The fourth-order valence-electron chi connectivity index (χ4n) is 4.05. The molecule has 1 saturated heterocycles. The van der Waals surface area contributed by atoms with Gasteiger partial charge >= 0.3 is 0 Å². The van der Waals surface area contributed by atoms with Gasteiger partial charge in [-0.15, -0.1) is 0 Å². The minimum Gasteiger partial charge on any atom is -0.331 e. The third-order valence-corrected chi connectivity index (χ3v) is 5.43. The first-order chi connectivity index (χ1) is 15.5. The van der Waals surface area contributed by atoms with Crippen LogP contribution in [-0.2, 0) is 4.79 Å². The van der Waals surface area contributed by atoms with Crippen LogP contribution in [0.5, 0.6) is 0 Å². The van der Waals surface area contributed by atoms with E-state index in [4.69, 9.17) is 0 Å². The first-order valence-corrected chi connectivity index (χ1v) is 11.0. The number of aromatic nitrogens is 4. The minimum absolute atomic E-state index is 0.00182. The maximum atomic E-state index is 13.1. The molecular formula is C25H28N6O. The molecule has 2 aromatic heterocycles. The summed E-state index contributed by atoms with van der Waals surface area (Å²) in [4.78, 5) is 33.0. The Morgan fingerprint density at radius 1 is 1.00 bits per heavy atom. The SMILES string of the molecule is Cc1cc(C)nc(Nc2cc([C@H]3CCCCN3C(=O)/C=C/c3ccccc3)nc(C)n2)n1. The van der Waals surface area contributed by atoms with E-state index in [1.165, 1.54) is 0 Å². The lowest BCUT2D eigenvalue weighted by molar-refractivity contribution is -0.129. The van der Waals surface area contributed by atoms with Crippen LogP contribution in [0.1, 0.15) is 53.8 Å². The number of hydrogen-bond donors (Lipinski definition) is 1. The summed E-state index contributed by atoms with van der Waals surface area (Å²) in [6.07, 6.45) is 6.45. The van der Waals surface area contributed by atoms with Crippen molar-refractivity contribution in [3.63, 3.8) is 0 Å². The molecule has 0 radical (unpaired) electrons. The molecule has 0 bridgehead atoms. The van der Waals surface area contributed by atoms with Crippen LogP contribution in [0.25, 0.3) is 6.08 Å². The van der Waals surface area contributed by atoms with E-state index in [0.717, 1.165) is 41.9 Å². The molecular weight excluding hydrogens is 400 g/mol. The molecule has 0 saturated carbocycles. The van der Waals surface area contributed by atoms with E-state index >= 15 is 0 Å². The van der Waals surface area contributed by atoms with Crippen molar-refractivity contribution in [2.45, 2.75) is 46.1 Å². The molecule has 0 unspecified atom stereocenters. The Kier molecular flexibility index (Phi) is 6.54. The van der Waals surface area contributed by atoms with Crippen LogP contribution in [0.4, 0.5) is 11.8 Å². The molecule has 3 aromatic rings. The lowest BCUT2D eigenvalue weighted by Crippen LogP contribution is -2.38. The van der Waals surface area contributed by atoms with Crippen LogP contribution < -0.4 is 5.32 Å². The summed E-state index contributed by atoms with van der Waals surface area (Å²) in [6.45, 7) is 6.45.